The number of aromatic nitrogens is 2. The Bertz CT molecular complexity index is 4270. The maximum Gasteiger partial charge on any atom is 0.410 e. The lowest BCUT2D eigenvalue weighted by atomic mass is 9.88. The summed E-state index contributed by atoms with van der Waals surface area (Å²) in [6.45, 7) is 9.30. The number of nitrogens with zero attached hydrogens (tertiary/aromatic N) is 4. The van der Waals surface area contributed by atoms with Crippen LogP contribution in [0.15, 0.2) is 228 Å². The molecule has 0 unspecified atom stereocenters. The van der Waals surface area contributed by atoms with Crippen LogP contribution >= 0.6 is 31.9 Å². The van der Waals surface area contributed by atoms with Crippen molar-refractivity contribution >= 4 is 83.6 Å². The number of ketones is 1. The molecule has 0 saturated heterocycles. The second kappa shape index (κ2) is 29.5. The predicted molar refractivity (Wildman–Crippen MR) is 372 cm³/mol. The SMILES string of the molecule is C=CCOC(=O)[C@@H](CC(=O)[C@H](Cc1cn(Cc2ccc(Br)cc2)c2ccccc12)N(C)C(=O)OCC1c2ccccc2-c2ccccc21)CC(C)C.CN(C(=O)OCC1c2ccccc2-c2ccccc21)[C@@H](Cc1cn(Cc2ccc(Br)cc2)c2ccccc12)C(=O)O. The van der Waals surface area contributed by atoms with E-state index in [9.17, 15) is 29.1 Å². The Hall–Kier alpha value is -9.31. The van der Waals surface area contributed by atoms with Crippen LogP contribution in [0.4, 0.5) is 9.59 Å². The van der Waals surface area contributed by atoms with Crippen molar-refractivity contribution in [2.45, 2.75) is 76.5 Å². The largest absolute Gasteiger partial charge is 0.480 e. The quantitative estimate of drug-likeness (QED) is 0.0375. The zero-order valence-electron chi connectivity index (χ0n) is 52.5. The van der Waals surface area contributed by atoms with Crippen molar-refractivity contribution in [2.75, 3.05) is 33.9 Å². The highest BCUT2D eigenvalue weighted by atomic mass is 79.9. The topological polar surface area (TPSA) is 150 Å². The fraction of sp³-hybridized carbons (Fsp3) is 0.244. The Kier molecular flexibility index (Phi) is 20.7. The van der Waals surface area contributed by atoms with Crippen LogP contribution < -0.4 is 0 Å². The number of carbonyl (C=O) groups is 5. The fourth-order valence-corrected chi connectivity index (χ4v) is 13.7. The molecule has 3 atom stereocenters. The molecule has 0 radical (unpaired) electrons. The third-order valence-electron chi connectivity index (χ3n) is 17.8. The van der Waals surface area contributed by atoms with Crippen LogP contribution in [0.3, 0.4) is 0 Å². The van der Waals surface area contributed by atoms with Crippen LogP contribution in [0.25, 0.3) is 44.1 Å². The molecular formula is C78H74Br2N4O9. The molecule has 2 aliphatic rings. The van der Waals surface area contributed by atoms with Gasteiger partial charge in [0.25, 0.3) is 0 Å². The predicted octanol–water partition coefficient (Wildman–Crippen LogP) is 16.9. The highest BCUT2D eigenvalue weighted by Crippen LogP contribution is 2.46. The molecule has 13 nitrogen and oxygen atoms in total. The monoisotopic (exact) mass is 1370 g/mol. The van der Waals surface area contributed by atoms with Crippen molar-refractivity contribution in [2.24, 2.45) is 11.8 Å². The molecule has 0 saturated carbocycles. The average Bonchev–Trinajstić information content (AvgIpc) is 1.65. The van der Waals surface area contributed by atoms with Crippen LogP contribution in [0.2, 0.25) is 0 Å². The molecule has 0 bridgehead atoms. The number of esters is 1. The van der Waals surface area contributed by atoms with Gasteiger partial charge in [0, 0.05) is 101 Å². The third kappa shape index (κ3) is 14.8. The summed E-state index contributed by atoms with van der Waals surface area (Å²) in [6, 6.07) is 63.0. The third-order valence-corrected chi connectivity index (χ3v) is 18.9. The summed E-state index contributed by atoms with van der Waals surface area (Å²) in [5, 5.41) is 12.1. The van der Waals surface area contributed by atoms with E-state index in [0.717, 1.165) is 97.5 Å². The van der Waals surface area contributed by atoms with E-state index in [0.29, 0.717) is 19.5 Å². The molecule has 2 aliphatic carbocycles. The van der Waals surface area contributed by atoms with E-state index in [4.69, 9.17) is 14.2 Å². The van der Waals surface area contributed by atoms with Crippen LogP contribution in [0, 0.1) is 11.8 Å². The number of para-hydroxylation sites is 2. The van der Waals surface area contributed by atoms with Crippen LogP contribution in [0.1, 0.15) is 83.0 Å². The molecule has 1 N–H and O–H groups in total. The molecular weight excluding hydrogens is 1300 g/mol. The Balaban J connectivity index is 0.000000195. The molecule has 93 heavy (non-hydrogen) atoms. The number of aliphatic carboxylic acids is 1. The molecule has 8 aromatic carbocycles. The van der Waals surface area contributed by atoms with E-state index in [2.05, 4.69) is 133 Å². The zero-order chi connectivity index (χ0) is 65.3. The van der Waals surface area contributed by atoms with E-state index in [1.165, 1.54) is 22.9 Å². The number of Topliss-reactive ketones (excluding diaryl/α,β-unsaturated/α-hetero) is 1. The lowest BCUT2D eigenvalue weighted by Gasteiger charge is -2.28. The van der Waals surface area contributed by atoms with E-state index in [1.54, 1.807) is 7.05 Å². The van der Waals surface area contributed by atoms with Gasteiger partial charge in [-0.05, 0) is 115 Å². The summed E-state index contributed by atoms with van der Waals surface area (Å²) in [5.74, 6) is -2.44. The Labute approximate surface area is 559 Å². The van der Waals surface area contributed by atoms with Crippen molar-refractivity contribution < 1.29 is 43.3 Å². The highest BCUT2D eigenvalue weighted by Gasteiger charge is 2.37. The van der Waals surface area contributed by atoms with Gasteiger partial charge in [0.15, 0.2) is 5.78 Å². The Morgan fingerprint density at radius 2 is 0.903 bits per heavy atom. The summed E-state index contributed by atoms with van der Waals surface area (Å²) in [7, 11) is 3.12. The van der Waals surface area contributed by atoms with Crippen molar-refractivity contribution in [1.82, 2.24) is 18.9 Å². The van der Waals surface area contributed by atoms with Crippen molar-refractivity contribution in [1.29, 1.82) is 0 Å². The van der Waals surface area contributed by atoms with Gasteiger partial charge in [0.1, 0.15) is 25.9 Å². The van der Waals surface area contributed by atoms with Crippen molar-refractivity contribution in [3.8, 4) is 22.3 Å². The number of amides is 2. The number of benzene rings is 8. The molecule has 2 amide bonds. The minimum Gasteiger partial charge on any atom is -0.480 e. The summed E-state index contributed by atoms with van der Waals surface area (Å²) in [5.41, 5.74) is 15.1. The summed E-state index contributed by atoms with van der Waals surface area (Å²) >= 11 is 7.00. The van der Waals surface area contributed by atoms with Gasteiger partial charge in [0.2, 0.25) is 0 Å². The Morgan fingerprint density at radius 1 is 0.527 bits per heavy atom. The first-order valence-electron chi connectivity index (χ1n) is 31.4. The van der Waals surface area contributed by atoms with Gasteiger partial charge in [-0.25, -0.2) is 14.4 Å². The highest BCUT2D eigenvalue weighted by molar-refractivity contribution is 9.10. The number of carboxylic acids is 1. The first kappa shape index (κ1) is 65.2. The van der Waals surface area contributed by atoms with E-state index in [1.807, 2.05) is 135 Å². The maximum atomic E-state index is 14.4. The minimum atomic E-state index is -1.09. The summed E-state index contributed by atoms with van der Waals surface area (Å²) in [6.07, 6.45) is 5.17. The summed E-state index contributed by atoms with van der Waals surface area (Å²) < 4.78 is 23.6. The van der Waals surface area contributed by atoms with Gasteiger partial charge < -0.3 is 33.4 Å². The fourth-order valence-electron chi connectivity index (χ4n) is 13.2. The van der Waals surface area contributed by atoms with Gasteiger partial charge in [-0.2, -0.15) is 0 Å². The van der Waals surface area contributed by atoms with Gasteiger partial charge in [-0.1, -0.05) is 216 Å². The number of carboxylic acid groups (broad SMARTS) is 1. The second-order valence-corrected chi connectivity index (χ2v) is 26.2. The molecule has 15 heteroatoms. The first-order chi connectivity index (χ1) is 45.0. The van der Waals surface area contributed by atoms with Crippen LogP contribution in [-0.2, 0) is 54.5 Å². The standard InChI is InChI=1S/C44H45BrN2O5.C34H29BrN2O4/c1-5-22-51-43(49)31(23-29(2)3)25-42(48)41(24-32-27-47(40-17-11-10-12-34(32)40)26-30-18-20-33(45)21-19-30)46(4)44(50)52-28-39-37-15-8-6-13-35(37)36-14-7-9-16-38(36)39;1-36(34(40)41-21-30-28-11-4-2-9-26(28)27-10-3-5-12-29(27)30)32(33(38)39)18-23-20-37(31-13-7-6-8-25(23)31)19-22-14-16-24(35)17-15-22/h5-21,27,29,31,39,41H,1,22-26,28H2,2-4H3;2-17,20,30,32H,18-19,21H2,1H3,(H,38,39)/t31-,41+;32-/m10/s1. The first-order valence-corrected chi connectivity index (χ1v) is 32.9. The van der Waals surface area contributed by atoms with Crippen molar-refractivity contribution in [3.05, 3.63) is 273 Å². The van der Waals surface area contributed by atoms with Gasteiger partial charge in [0.05, 0.1) is 12.0 Å². The molecule has 10 aromatic rings. The molecule has 2 heterocycles. The normalized spacial score (nSPS) is 13.2. The average molecular weight is 1370 g/mol. The number of fused-ring (bicyclic) bond motifs is 8. The van der Waals surface area contributed by atoms with Crippen LogP contribution in [0.5, 0.6) is 0 Å². The number of likely N-dealkylation sites (N-methyl/N-ethyl adjacent to an activating group) is 2. The lowest BCUT2D eigenvalue weighted by Crippen LogP contribution is -2.45. The molecule has 2 aromatic heterocycles. The van der Waals surface area contributed by atoms with Gasteiger partial charge in [-0.3, -0.25) is 14.5 Å². The number of ether oxygens (including phenoxy) is 3. The summed E-state index contributed by atoms with van der Waals surface area (Å²) in [4.78, 5) is 69.8. The maximum absolute atomic E-state index is 14.4. The lowest BCUT2D eigenvalue weighted by molar-refractivity contribution is -0.150. The van der Waals surface area contributed by atoms with E-state index in [-0.39, 0.29) is 62.6 Å². The zero-order valence-corrected chi connectivity index (χ0v) is 55.7. The smallest absolute Gasteiger partial charge is 0.410 e. The van der Waals surface area contributed by atoms with Crippen molar-refractivity contribution in [3.63, 3.8) is 0 Å². The molecule has 0 spiro atoms. The number of carbonyl (C=O) groups excluding carboxylic acids is 4. The molecule has 0 aliphatic heterocycles. The second-order valence-electron chi connectivity index (χ2n) is 24.4. The number of rotatable bonds is 23. The van der Waals surface area contributed by atoms with Gasteiger partial charge >= 0.3 is 24.1 Å². The van der Waals surface area contributed by atoms with Gasteiger partial charge in [-0.15, -0.1) is 0 Å². The number of hydrogen-bond donors (Lipinski definition) is 1. The number of hydrogen-bond acceptors (Lipinski definition) is 8. The molecule has 0 fully saturated rings. The van der Waals surface area contributed by atoms with Crippen LogP contribution in [-0.4, -0.2) is 99.9 Å². The minimum absolute atomic E-state index is 0.0582. The number of halogens is 2. The molecule has 474 valence electrons. The Morgan fingerprint density at radius 3 is 1.30 bits per heavy atom. The van der Waals surface area contributed by atoms with E-state index >= 15 is 0 Å². The molecule has 12 rings (SSSR count). The van der Waals surface area contributed by atoms with E-state index < -0.39 is 42.1 Å².